The van der Waals surface area contributed by atoms with Gasteiger partial charge in [0.15, 0.2) is 29.1 Å². The largest absolute Gasteiger partial charge is 0.493 e. The number of halogens is 7. The van der Waals surface area contributed by atoms with Gasteiger partial charge in [0.05, 0.1) is 6.26 Å². The number of hydrogen-bond acceptors (Lipinski definition) is 2. The van der Waals surface area contributed by atoms with Gasteiger partial charge in [0.2, 0.25) is 0 Å². The van der Waals surface area contributed by atoms with E-state index in [1.165, 1.54) is 6.26 Å². The average molecular weight is 434 g/mol. The Hall–Kier alpha value is -2.71. The number of alkyl halides is 2. The second kappa shape index (κ2) is 8.57. The minimum Gasteiger partial charge on any atom is -0.493 e. The van der Waals surface area contributed by atoms with E-state index in [0.29, 0.717) is 18.9 Å². The summed E-state index contributed by atoms with van der Waals surface area (Å²) < 4.78 is 107. The lowest BCUT2D eigenvalue weighted by Gasteiger charge is -2.25. The summed E-state index contributed by atoms with van der Waals surface area (Å²) >= 11 is 0. The lowest BCUT2D eigenvalue weighted by atomic mass is 9.96. The molecule has 0 radical (unpaired) electrons. The number of benzene rings is 2. The van der Waals surface area contributed by atoms with Crippen molar-refractivity contribution in [3.05, 3.63) is 76.3 Å². The Kier molecular flexibility index (Phi) is 6.28. The first-order valence-corrected chi connectivity index (χ1v) is 9.17. The van der Waals surface area contributed by atoms with E-state index >= 15 is 0 Å². The lowest BCUT2D eigenvalue weighted by Crippen LogP contribution is -2.25. The molecule has 0 aliphatic carbocycles. The minimum atomic E-state index is -4.48. The van der Waals surface area contributed by atoms with Gasteiger partial charge in [-0.25, -0.2) is 22.0 Å². The van der Waals surface area contributed by atoms with E-state index < -0.39 is 52.6 Å². The predicted octanol–water partition coefficient (Wildman–Crippen LogP) is 7.05. The summed E-state index contributed by atoms with van der Waals surface area (Å²) in [4.78, 5) is 0. The molecular weight excluding hydrogens is 417 g/mol. The van der Waals surface area contributed by atoms with E-state index in [9.17, 15) is 30.7 Å². The van der Waals surface area contributed by atoms with Crippen LogP contribution in [0, 0.1) is 29.1 Å². The third-order valence-electron chi connectivity index (χ3n) is 4.67. The van der Waals surface area contributed by atoms with E-state index in [-0.39, 0.29) is 17.7 Å². The molecular formula is C21H17F7O2. The summed E-state index contributed by atoms with van der Waals surface area (Å²) in [5.41, 5.74) is -0.699. The van der Waals surface area contributed by atoms with Crippen molar-refractivity contribution in [3.8, 4) is 5.75 Å². The fraction of sp³-hybridized carbons (Fsp3) is 0.333. The molecule has 9 heteroatoms. The Labute approximate surface area is 167 Å². The quantitative estimate of drug-likeness (QED) is 0.358. The molecule has 0 bridgehead atoms. The van der Waals surface area contributed by atoms with Gasteiger partial charge >= 0.3 is 6.11 Å². The fourth-order valence-electron chi connectivity index (χ4n) is 3.19. The molecule has 1 unspecified atom stereocenters. The third-order valence-corrected chi connectivity index (χ3v) is 4.67. The SMILES string of the molecule is CCCC1=COC(c2ccc(C(F)(F)Oc3cc(F)c(F)c(F)c3)c(F)c2F)CC1. The van der Waals surface area contributed by atoms with E-state index in [4.69, 9.17) is 4.74 Å². The molecule has 0 spiro atoms. The van der Waals surface area contributed by atoms with Gasteiger partial charge in [0.1, 0.15) is 17.4 Å². The topological polar surface area (TPSA) is 18.5 Å². The molecule has 162 valence electrons. The molecule has 2 aromatic carbocycles. The molecule has 3 rings (SSSR count). The van der Waals surface area contributed by atoms with Crippen molar-refractivity contribution in [1.82, 2.24) is 0 Å². The first kappa shape index (κ1) is 22.0. The highest BCUT2D eigenvalue weighted by Crippen LogP contribution is 2.38. The Balaban J connectivity index is 1.86. The van der Waals surface area contributed by atoms with Crippen LogP contribution in [-0.4, -0.2) is 0 Å². The Bertz CT molecular complexity index is 949. The van der Waals surface area contributed by atoms with E-state index in [2.05, 4.69) is 4.74 Å². The van der Waals surface area contributed by atoms with Gasteiger partial charge in [0.25, 0.3) is 0 Å². The summed E-state index contributed by atoms with van der Waals surface area (Å²) in [5.74, 6) is -9.93. The van der Waals surface area contributed by atoms with Gasteiger partial charge in [-0.3, -0.25) is 0 Å². The molecule has 1 aliphatic heterocycles. The second-order valence-corrected chi connectivity index (χ2v) is 6.84. The van der Waals surface area contributed by atoms with Crippen LogP contribution in [0.4, 0.5) is 30.7 Å². The molecule has 0 saturated carbocycles. The summed E-state index contributed by atoms with van der Waals surface area (Å²) in [6, 6.07) is 1.90. The average Bonchev–Trinajstić information content (AvgIpc) is 2.68. The van der Waals surface area contributed by atoms with Crippen LogP contribution >= 0.6 is 0 Å². The minimum absolute atomic E-state index is 0.172. The van der Waals surface area contributed by atoms with Crippen LogP contribution in [0.15, 0.2) is 36.1 Å². The molecule has 1 heterocycles. The van der Waals surface area contributed by atoms with Gasteiger partial charge in [-0.05, 0) is 30.9 Å². The smallest absolute Gasteiger partial charge is 0.429 e. The predicted molar refractivity (Wildman–Crippen MR) is 93.2 cm³/mol. The molecule has 1 aliphatic rings. The zero-order valence-corrected chi connectivity index (χ0v) is 15.8. The standard InChI is InChI=1S/C21H17F7O2/c1-2-3-11-4-7-17(29-10-11)13-5-6-14(19(25)18(13)24)21(27,28)30-12-8-15(22)20(26)16(23)9-12/h5-6,8-10,17H,2-4,7H2,1H3. The molecule has 0 amide bonds. The lowest BCUT2D eigenvalue weighted by molar-refractivity contribution is -0.188. The van der Waals surface area contributed by atoms with Crippen molar-refractivity contribution < 1.29 is 40.2 Å². The zero-order chi connectivity index (χ0) is 22.1. The van der Waals surface area contributed by atoms with Crippen LogP contribution in [0.2, 0.25) is 0 Å². The van der Waals surface area contributed by atoms with E-state index in [1.54, 1.807) is 0 Å². The van der Waals surface area contributed by atoms with E-state index in [1.807, 2.05) is 6.92 Å². The number of hydrogen-bond donors (Lipinski definition) is 0. The normalized spacial score (nSPS) is 16.8. The Morgan fingerprint density at radius 2 is 1.67 bits per heavy atom. The highest BCUT2D eigenvalue weighted by atomic mass is 19.3. The number of rotatable bonds is 6. The van der Waals surface area contributed by atoms with Crippen molar-refractivity contribution in [3.63, 3.8) is 0 Å². The molecule has 2 aromatic rings. The molecule has 1 atom stereocenters. The molecule has 0 aromatic heterocycles. The second-order valence-electron chi connectivity index (χ2n) is 6.84. The van der Waals surface area contributed by atoms with Crippen molar-refractivity contribution in [2.75, 3.05) is 0 Å². The third kappa shape index (κ3) is 4.39. The van der Waals surface area contributed by atoms with Crippen LogP contribution in [0.5, 0.6) is 5.75 Å². The summed E-state index contributed by atoms with van der Waals surface area (Å²) in [5, 5.41) is 0. The summed E-state index contributed by atoms with van der Waals surface area (Å²) in [6.45, 7) is 1.98. The number of ether oxygens (including phenoxy) is 2. The van der Waals surface area contributed by atoms with Gasteiger partial charge in [-0.1, -0.05) is 19.4 Å². The maximum Gasteiger partial charge on any atom is 0.429 e. The van der Waals surface area contributed by atoms with Crippen LogP contribution in [-0.2, 0) is 10.8 Å². The van der Waals surface area contributed by atoms with Crippen LogP contribution in [0.1, 0.15) is 49.8 Å². The van der Waals surface area contributed by atoms with Crippen molar-refractivity contribution >= 4 is 0 Å². The highest BCUT2D eigenvalue weighted by molar-refractivity contribution is 5.32. The van der Waals surface area contributed by atoms with Gasteiger partial charge in [-0.2, -0.15) is 8.78 Å². The first-order valence-electron chi connectivity index (χ1n) is 9.17. The fourth-order valence-corrected chi connectivity index (χ4v) is 3.19. The first-order chi connectivity index (χ1) is 14.1. The maximum atomic E-state index is 14.5. The van der Waals surface area contributed by atoms with Crippen LogP contribution in [0.25, 0.3) is 0 Å². The van der Waals surface area contributed by atoms with Gasteiger partial charge < -0.3 is 9.47 Å². The van der Waals surface area contributed by atoms with E-state index in [0.717, 1.165) is 24.5 Å². The zero-order valence-electron chi connectivity index (χ0n) is 15.8. The van der Waals surface area contributed by atoms with Crippen LogP contribution in [0.3, 0.4) is 0 Å². The Morgan fingerprint density at radius 3 is 2.23 bits per heavy atom. The van der Waals surface area contributed by atoms with Gasteiger partial charge in [-0.15, -0.1) is 0 Å². The molecule has 0 fully saturated rings. The van der Waals surface area contributed by atoms with Crippen LogP contribution < -0.4 is 4.74 Å². The molecule has 0 saturated heterocycles. The monoisotopic (exact) mass is 434 g/mol. The maximum absolute atomic E-state index is 14.5. The molecule has 30 heavy (non-hydrogen) atoms. The van der Waals surface area contributed by atoms with Crippen molar-refractivity contribution in [2.24, 2.45) is 0 Å². The van der Waals surface area contributed by atoms with Crippen molar-refractivity contribution in [1.29, 1.82) is 0 Å². The summed E-state index contributed by atoms with van der Waals surface area (Å²) in [6.07, 6.45) is -1.21. The van der Waals surface area contributed by atoms with Gasteiger partial charge in [0, 0.05) is 17.7 Å². The van der Waals surface area contributed by atoms with Crippen molar-refractivity contribution in [2.45, 2.75) is 44.8 Å². The Morgan fingerprint density at radius 1 is 1.00 bits per heavy atom. The molecule has 0 N–H and O–H groups in total. The molecule has 2 nitrogen and oxygen atoms in total. The highest BCUT2D eigenvalue weighted by Gasteiger charge is 2.40. The summed E-state index contributed by atoms with van der Waals surface area (Å²) in [7, 11) is 0. The number of allylic oxidation sites excluding steroid dienone is 1.